The van der Waals surface area contributed by atoms with Crippen LogP contribution in [0.4, 0.5) is 0 Å². The lowest BCUT2D eigenvalue weighted by atomic mass is 10.2. The summed E-state index contributed by atoms with van der Waals surface area (Å²) in [5, 5.41) is 5.95. The second kappa shape index (κ2) is 11.0. The number of furan rings is 1. The number of nitrogens with zero attached hydrogens (tertiary/aromatic N) is 3. The highest BCUT2D eigenvalue weighted by Gasteiger charge is 2.17. The molecule has 2 heterocycles. The van der Waals surface area contributed by atoms with Crippen molar-refractivity contribution in [2.75, 3.05) is 7.11 Å². The van der Waals surface area contributed by atoms with Crippen LogP contribution in [0.5, 0.6) is 11.5 Å². The molecule has 0 amide bonds. The van der Waals surface area contributed by atoms with Crippen molar-refractivity contribution < 1.29 is 13.9 Å². The fourth-order valence-electron chi connectivity index (χ4n) is 4.40. The van der Waals surface area contributed by atoms with Crippen LogP contribution in [0.3, 0.4) is 0 Å². The molecule has 0 aliphatic heterocycles. The maximum Gasteiger partial charge on any atom is 0.282 e. The van der Waals surface area contributed by atoms with Crippen LogP contribution in [0.25, 0.3) is 33.5 Å². The Balaban J connectivity index is 1.39. The number of ether oxygens (including phenoxy) is 2. The van der Waals surface area contributed by atoms with Crippen molar-refractivity contribution in [1.29, 1.82) is 0 Å². The van der Waals surface area contributed by atoms with Crippen molar-refractivity contribution >= 4 is 50.7 Å². The van der Waals surface area contributed by atoms with E-state index in [-0.39, 0.29) is 5.56 Å². The first kappa shape index (κ1) is 25.8. The van der Waals surface area contributed by atoms with Gasteiger partial charge in [-0.3, -0.25) is 4.79 Å². The molecule has 0 unspecified atom stereocenters. The monoisotopic (exact) mass is 641 g/mol. The van der Waals surface area contributed by atoms with Gasteiger partial charge >= 0.3 is 0 Å². The van der Waals surface area contributed by atoms with E-state index in [1.807, 2.05) is 66.7 Å². The van der Waals surface area contributed by atoms with E-state index in [1.165, 1.54) is 10.2 Å². The van der Waals surface area contributed by atoms with Crippen LogP contribution in [-0.2, 0) is 6.61 Å². The molecule has 0 N–H and O–H groups in total. The summed E-state index contributed by atoms with van der Waals surface area (Å²) >= 11 is 2.22. The van der Waals surface area contributed by atoms with Crippen LogP contribution in [0, 0.1) is 10.5 Å². The number of hydrogen-bond donors (Lipinski definition) is 0. The molecule has 0 saturated carbocycles. The molecule has 0 spiro atoms. The van der Waals surface area contributed by atoms with Gasteiger partial charge in [-0.1, -0.05) is 60.2 Å². The highest BCUT2D eigenvalue weighted by molar-refractivity contribution is 14.1. The predicted octanol–water partition coefficient (Wildman–Crippen LogP) is 7.19. The van der Waals surface area contributed by atoms with Gasteiger partial charge in [0.25, 0.3) is 5.56 Å². The third-order valence-corrected chi connectivity index (χ3v) is 7.28. The van der Waals surface area contributed by atoms with Crippen molar-refractivity contribution in [2.24, 2.45) is 5.10 Å². The van der Waals surface area contributed by atoms with Crippen LogP contribution in [0.15, 0.2) is 105 Å². The SMILES string of the molecule is COc1cc(C=Nn2c(-c3cc4ccccc4o3)nc3ccccc3c2=O)cc(I)c1OCc1ccc(C)cc1. The predicted molar refractivity (Wildman–Crippen MR) is 165 cm³/mol. The zero-order valence-corrected chi connectivity index (χ0v) is 24.0. The minimum atomic E-state index is -0.294. The molecule has 4 aromatic carbocycles. The molecule has 6 rings (SSSR count). The molecular formula is C32H24IN3O4. The Morgan fingerprint density at radius 2 is 1.77 bits per heavy atom. The fraction of sp³-hybridized carbons (Fsp3) is 0.0938. The zero-order valence-electron chi connectivity index (χ0n) is 21.8. The highest BCUT2D eigenvalue weighted by atomic mass is 127. The lowest BCUT2D eigenvalue weighted by Crippen LogP contribution is -2.20. The Kier molecular flexibility index (Phi) is 7.08. The highest BCUT2D eigenvalue weighted by Crippen LogP contribution is 2.34. The lowest BCUT2D eigenvalue weighted by molar-refractivity contribution is 0.282. The van der Waals surface area contributed by atoms with E-state index in [0.29, 0.717) is 46.2 Å². The number of methoxy groups -OCH3 is 1. The molecule has 6 aromatic rings. The standard InChI is InChI=1S/C32H24IN3O4/c1-20-11-13-21(14-12-20)19-39-30-25(33)15-22(16-28(30)38-2)18-34-36-31(29-17-23-7-3-6-10-27(23)40-29)35-26-9-5-4-8-24(26)32(36)37/h3-18H,19H2,1-2H3. The summed E-state index contributed by atoms with van der Waals surface area (Å²) in [6.45, 7) is 2.47. The minimum Gasteiger partial charge on any atom is -0.493 e. The van der Waals surface area contributed by atoms with Crippen molar-refractivity contribution in [3.05, 3.63) is 122 Å². The van der Waals surface area contributed by atoms with Crippen molar-refractivity contribution in [1.82, 2.24) is 9.66 Å². The van der Waals surface area contributed by atoms with E-state index in [0.717, 1.165) is 20.1 Å². The van der Waals surface area contributed by atoms with Gasteiger partial charge in [0.15, 0.2) is 17.3 Å². The molecule has 0 fully saturated rings. The molecule has 0 bridgehead atoms. The van der Waals surface area contributed by atoms with Gasteiger partial charge in [0.05, 0.1) is 27.8 Å². The van der Waals surface area contributed by atoms with E-state index in [1.54, 1.807) is 25.5 Å². The Bertz CT molecular complexity index is 1910. The number of halogens is 1. The molecule has 8 heteroatoms. The average Bonchev–Trinajstić information content (AvgIpc) is 3.41. The summed E-state index contributed by atoms with van der Waals surface area (Å²) in [6, 6.07) is 28.7. The van der Waals surface area contributed by atoms with Crippen LogP contribution < -0.4 is 15.0 Å². The summed E-state index contributed by atoms with van der Waals surface area (Å²) in [4.78, 5) is 18.3. The van der Waals surface area contributed by atoms with Crippen LogP contribution in [0.2, 0.25) is 0 Å². The van der Waals surface area contributed by atoms with Crippen LogP contribution in [0.1, 0.15) is 16.7 Å². The van der Waals surface area contributed by atoms with Gasteiger partial charge in [0.2, 0.25) is 5.82 Å². The molecule has 0 aliphatic carbocycles. The van der Waals surface area contributed by atoms with Gasteiger partial charge in [-0.15, -0.1) is 0 Å². The lowest BCUT2D eigenvalue weighted by Gasteiger charge is -2.14. The molecule has 198 valence electrons. The first-order valence-corrected chi connectivity index (χ1v) is 13.7. The zero-order chi connectivity index (χ0) is 27.6. The van der Waals surface area contributed by atoms with E-state index >= 15 is 0 Å². The van der Waals surface area contributed by atoms with Gasteiger partial charge in [-0.2, -0.15) is 9.78 Å². The normalized spacial score (nSPS) is 11.5. The maximum atomic E-state index is 13.6. The van der Waals surface area contributed by atoms with Crippen LogP contribution >= 0.6 is 22.6 Å². The van der Waals surface area contributed by atoms with E-state index in [9.17, 15) is 4.79 Å². The summed E-state index contributed by atoms with van der Waals surface area (Å²) < 4.78 is 20.0. The third-order valence-electron chi connectivity index (χ3n) is 6.48. The van der Waals surface area contributed by atoms with Crippen molar-refractivity contribution in [2.45, 2.75) is 13.5 Å². The molecule has 7 nitrogen and oxygen atoms in total. The number of benzene rings is 4. The van der Waals surface area contributed by atoms with Gasteiger partial charge < -0.3 is 13.9 Å². The molecule has 0 aliphatic rings. The first-order chi connectivity index (χ1) is 19.5. The molecular weight excluding hydrogens is 617 g/mol. The van der Waals surface area contributed by atoms with Gasteiger partial charge in [-0.05, 0) is 77.0 Å². The molecule has 2 aromatic heterocycles. The molecule has 0 saturated heterocycles. The van der Waals surface area contributed by atoms with E-state index in [2.05, 4.69) is 46.7 Å². The second-order valence-corrected chi connectivity index (χ2v) is 10.4. The topological polar surface area (TPSA) is 78.9 Å². The average molecular weight is 641 g/mol. The van der Waals surface area contributed by atoms with E-state index < -0.39 is 0 Å². The fourth-order valence-corrected chi connectivity index (χ4v) is 5.18. The maximum absolute atomic E-state index is 13.6. The third kappa shape index (κ3) is 5.10. The minimum absolute atomic E-state index is 0.294. The Morgan fingerprint density at radius 3 is 2.58 bits per heavy atom. The number of hydrogen-bond acceptors (Lipinski definition) is 6. The smallest absolute Gasteiger partial charge is 0.282 e. The van der Waals surface area contributed by atoms with Crippen LogP contribution in [-0.4, -0.2) is 23.0 Å². The first-order valence-electron chi connectivity index (χ1n) is 12.6. The summed E-state index contributed by atoms with van der Waals surface area (Å²) in [6.07, 6.45) is 1.61. The quantitative estimate of drug-likeness (QED) is 0.136. The van der Waals surface area contributed by atoms with E-state index in [4.69, 9.17) is 18.9 Å². The molecule has 0 atom stereocenters. The largest absolute Gasteiger partial charge is 0.493 e. The Labute approximate surface area is 243 Å². The number of para-hydroxylation sites is 2. The summed E-state index contributed by atoms with van der Waals surface area (Å²) in [5.74, 6) is 1.99. The molecule has 0 radical (unpaired) electrons. The van der Waals surface area contributed by atoms with Gasteiger partial charge in [-0.25, -0.2) is 4.98 Å². The van der Waals surface area contributed by atoms with Gasteiger partial charge in [0.1, 0.15) is 12.2 Å². The van der Waals surface area contributed by atoms with Crippen molar-refractivity contribution in [3.63, 3.8) is 0 Å². The number of aromatic nitrogens is 2. The molecule has 40 heavy (non-hydrogen) atoms. The van der Waals surface area contributed by atoms with Gasteiger partial charge in [0, 0.05) is 5.39 Å². The summed E-state index contributed by atoms with van der Waals surface area (Å²) in [7, 11) is 1.60. The number of aryl methyl sites for hydroxylation is 1. The van der Waals surface area contributed by atoms with Crippen molar-refractivity contribution in [3.8, 4) is 23.1 Å². The Hall–Kier alpha value is -4.44. The number of rotatable bonds is 7. The number of fused-ring (bicyclic) bond motifs is 2. The Morgan fingerprint density at radius 1 is 1.00 bits per heavy atom. The second-order valence-electron chi connectivity index (χ2n) is 9.27. The summed E-state index contributed by atoms with van der Waals surface area (Å²) in [5.41, 5.74) is 3.98.